The van der Waals surface area contributed by atoms with Crippen molar-refractivity contribution in [2.24, 2.45) is 0 Å². The Labute approximate surface area is 131 Å². The topological polar surface area (TPSA) is 108 Å². The highest BCUT2D eigenvalue weighted by atomic mass is 16.4. The molecule has 122 valence electrons. The first-order valence-electron chi connectivity index (χ1n) is 7.04. The lowest BCUT2D eigenvalue weighted by Gasteiger charge is -2.21. The Morgan fingerprint density at radius 1 is 1.13 bits per heavy atom. The molecule has 0 aliphatic carbocycles. The SMILES string of the molecule is CC(C)c1cc(=O)oc2cc(N(CC(=O)O)CC(=O)O)ccc12. The molecule has 7 heteroatoms. The van der Waals surface area contributed by atoms with E-state index < -0.39 is 30.7 Å². The third-order valence-corrected chi connectivity index (χ3v) is 3.40. The van der Waals surface area contributed by atoms with Crippen molar-refractivity contribution in [1.82, 2.24) is 0 Å². The summed E-state index contributed by atoms with van der Waals surface area (Å²) in [4.78, 5) is 34.7. The molecular weight excluding hydrogens is 302 g/mol. The first kappa shape index (κ1) is 16.5. The summed E-state index contributed by atoms with van der Waals surface area (Å²) in [7, 11) is 0. The van der Waals surface area contributed by atoms with E-state index in [2.05, 4.69) is 0 Å². The fraction of sp³-hybridized carbons (Fsp3) is 0.312. The first-order valence-corrected chi connectivity index (χ1v) is 7.04. The molecule has 0 amide bonds. The highest BCUT2D eigenvalue weighted by molar-refractivity contribution is 5.86. The van der Waals surface area contributed by atoms with Crippen molar-refractivity contribution < 1.29 is 24.2 Å². The van der Waals surface area contributed by atoms with Gasteiger partial charge in [0.05, 0.1) is 0 Å². The molecule has 2 rings (SSSR count). The fourth-order valence-corrected chi connectivity index (χ4v) is 2.42. The van der Waals surface area contributed by atoms with E-state index in [9.17, 15) is 14.4 Å². The van der Waals surface area contributed by atoms with E-state index in [0.717, 1.165) is 10.9 Å². The van der Waals surface area contributed by atoms with Gasteiger partial charge in [-0.3, -0.25) is 9.59 Å². The zero-order valence-corrected chi connectivity index (χ0v) is 12.8. The Morgan fingerprint density at radius 3 is 2.26 bits per heavy atom. The summed E-state index contributed by atoms with van der Waals surface area (Å²) in [5.41, 5.74) is 0.998. The first-order chi connectivity index (χ1) is 10.8. The van der Waals surface area contributed by atoms with Gasteiger partial charge in [0.1, 0.15) is 18.7 Å². The largest absolute Gasteiger partial charge is 0.480 e. The molecule has 2 N–H and O–H groups in total. The Hall–Kier alpha value is -2.83. The number of carboxylic acids is 2. The Balaban J connectivity index is 2.55. The summed E-state index contributed by atoms with van der Waals surface area (Å²) in [6.07, 6.45) is 0. The number of rotatable bonds is 6. The van der Waals surface area contributed by atoms with Crippen LogP contribution in [0.2, 0.25) is 0 Å². The minimum absolute atomic E-state index is 0.113. The predicted octanol–water partition coefficient (Wildman–Crippen LogP) is 1.89. The Bertz CT molecular complexity index is 792. The standard InChI is InChI=1S/C16H17NO6/c1-9(2)12-6-16(22)23-13-5-10(3-4-11(12)13)17(7-14(18)19)8-15(20)21/h3-6,9H,7-8H2,1-2H3,(H,18,19)(H,20,21). The lowest BCUT2D eigenvalue weighted by molar-refractivity contribution is -0.136. The molecular formula is C16H17NO6. The van der Waals surface area contributed by atoms with Crippen LogP contribution >= 0.6 is 0 Å². The number of nitrogens with zero attached hydrogens (tertiary/aromatic N) is 1. The third kappa shape index (κ3) is 3.88. The van der Waals surface area contributed by atoms with Gasteiger partial charge < -0.3 is 19.5 Å². The summed E-state index contributed by atoms with van der Waals surface area (Å²) < 4.78 is 5.18. The van der Waals surface area contributed by atoms with Crippen LogP contribution in [-0.2, 0) is 9.59 Å². The summed E-state index contributed by atoms with van der Waals surface area (Å²) in [6, 6.07) is 6.26. The number of aliphatic carboxylic acids is 2. The summed E-state index contributed by atoms with van der Waals surface area (Å²) in [5, 5.41) is 18.6. The maximum atomic E-state index is 11.7. The second-order valence-electron chi connectivity index (χ2n) is 5.50. The normalized spacial score (nSPS) is 10.9. The van der Waals surface area contributed by atoms with Gasteiger partial charge in [-0.2, -0.15) is 0 Å². The Morgan fingerprint density at radius 2 is 1.74 bits per heavy atom. The maximum absolute atomic E-state index is 11.7. The number of hydrogen-bond acceptors (Lipinski definition) is 5. The van der Waals surface area contributed by atoms with Crippen molar-refractivity contribution in [1.29, 1.82) is 0 Å². The van der Waals surface area contributed by atoms with Crippen LogP contribution in [0.15, 0.2) is 33.5 Å². The van der Waals surface area contributed by atoms with E-state index in [1.54, 1.807) is 12.1 Å². The molecule has 1 heterocycles. The number of fused-ring (bicyclic) bond motifs is 1. The molecule has 23 heavy (non-hydrogen) atoms. The van der Waals surface area contributed by atoms with Crippen molar-refractivity contribution in [2.45, 2.75) is 19.8 Å². The van der Waals surface area contributed by atoms with Crippen molar-refractivity contribution in [3.8, 4) is 0 Å². The molecule has 0 fully saturated rings. The quantitative estimate of drug-likeness (QED) is 0.783. The van der Waals surface area contributed by atoms with Crippen LogP contribution in [0.1, 0.15) is 25.3 Å². The number of benzene rings is 1. The number of anilines is 1. The highest BCUT2D eigenvalue weighted by Crippen LogP contribution is 2.27. The average molecular weight is 319 g/mol. The van der Waals surface area contributed by atoms with Gasteiger partial charge in [-0.1, -0.05) is 13.8 Å². The van der Waals surface area contributed by atoms with Crippen LogP contribution in [0.3, 0.4) is 0 Å². The molecule has 0 atom stereocenters. The minimum atomic E-state index is -1.15. The summed E-state index contributed by atoms with van der Waals surface area (Å²) >= 11 is 0. The van der Waals surface area contributed by atoms with E-state index in [-0.39, 0.29) is 5.92 Å². The zero-order valence-electron chi connectivity index (χ0n) is 12.8. The van der Waals surface area contributed by atoms with Gasteiger partial charge in [-0.05, 0) is 23.6 Å². The van der Waals surface area contributed by atoms with Crippen molar-refractivity contribution in [3.05, 3.63) is 40.2 Å². The second kappa shape index (κ2) is 6.51. The molecule has 1 aromatic carbocycles. The van der Waals surface area contributed by atoms with Crippen LogP contribution in [0, 0.1) is 0 Å². The predicted molar refractivity (Wildman–Crippen MR) is 84.1 cm³/mol. The molecule has 0 aliphatic rings. The van der Waals surface area contributed by atoms with E-state index in [0.29, 0.717) is 11.3 Å². The molecule has 1 aromatic heterocycles. The zero-order chi connectivity index (χ0) is 17.1. The minimum Gasteiger partial charge on any atom is -0.480 e. The van der Waals surface area contributed by atoms with Crippen LogP contribution in [0.25, 0.3) is 11.0 Å². The molecule has 0 aliphatic heterocycles. The molecule has 0 saturated heterocycles. The van der Waals surface area contributed by atoms with Gasteiger partial charge >= 0.3 is 17.6 Å². The number of carboxylic acid groups (broad SMARTS) is 2. The van der Waals surface area contributed by atoms with Gasteiger partial charge in [0, 0.05) is 23.2 Å². The van der Waals surface area contributed by atoms with E-state index >= 15 is 0 Å². The summed E-state index contributed by atoms with van der Waals surface area (Å²) in [6.45, 7) is 2.96. The molecule has 0 spiro atoms. The monoisotopic (exact) mass is 319 g/mol. The molecule has 7 nitrogen and oxygen atoms in total. The number of carbonyl (C=O) groups is 2. The van der Waals surface area contributed by atoms with Gasteiger partial charge in [0.2, 0.25) is 0 Å². The molecule has 0 unspecified atom stereocenters. The fourth-order valence-electron chi connectivity index (χ4n) is 2.42. The highest BCUT2D eigenvalue weighted by Gasteiger charge is 2.16. The molecule has 0 saturated carbocycles. The molecule has 2 aromatic rings. The second-order valence-corrected chi connectivity index (χ2v) is 5.50. The van der Waals surface area contributed by atoms with Crippen molar-refractivity contribution in [3.63, 3.8) is 0 Å². The lowest BCUT2D eigenvalue weighted by atomic mass is 9.99. The van der Waals surface area contributed by atoms with E-state index in [1.165, 1.54) is 17.0 Å². The van der Waals surface area contributed by atoms with Crippen molar-refractivity contribution >= 4 is 28.6 Å². The van der Waals surface area contributed by atoms with Gasteiger partial charge in [-0.25, -0.2) is 4.79 Å². The molecule has 0 radical (unpaired) electrons. The van der Waals surface area contributed by atoms with Crippen molar-refractivity contribution in [2.75, 3.05) is 18.0 Å². The van der Waals surface area contributed by atoms with Crippen LogP contribution in [-0.4, -0.2) is 35.2 Å². The van der Waals surface area contributed by atoms with Crippen LogP contribution in [0.5, 0.6) is 0 Å². The summed E-state index contributed by atoms with van der Waals surface area (Å²) in [5.74, 6) is -2.19. The van der Waals surface area contributed by atoms with Gasteiger partial charge in [0.15, 0.2) is 0 Å². The average Bonchev–Trinajstić information content (AvgIpc) is 2.43. The van der Waals surface area contributed by atoms with E-state index in [4.69, 9.17) is 14.6 Å². The smallest absolute Gasteiger partial charge is 0.336 e. The maximum Gasteiger partial charge on any atom is 0.336 e. The Kier molecular flexibility index (Phi) is 4.68. The number of hydrogen-bond donors (Lipinski definition) is 2. The van der Waals surface area contributed by atoms with Crippen LogP contribution < -0.4 is 10.5 Å². The van der Waals surface area contributed by atoms with Crippen LogP contribution in [0.4, 0.5) is 5.69 Å². The molecule has 0 bridgehead atoms. The third-order valence-electron chi connectivity index (χ3n) is 3.40. The van der Waals surface area contributed by atoms with Gasteiger partial charge in [0.25, 0.3) is 0 Å². The lowest BCUT2D eigenvalue weighted by Crippen LogP contribution is -2.34. The van der Waals surface area contributed by atoms with E-state index in [1.807, 2.05) is 13.8 Å². The van der Waals surface area contributed by atoms with Gasteiger partial charge in [-0.15, -0.1) is 0 Å².